The van der Waals surface area contributed by atoms with E-state index in [9.17, 15) is 18.0 Å². The van der Waals surface area contributed by atoms with Crippen LogP contribution in [-0.2, 0) is 11.3 Å². The number of nitrogens with zero attached hydrogens (tertiary/aromatic N) is 2. The van der Waals surface area contributed by atoms with Gasteiger partial charge in [-0.05, 0) is 17.7 Å². The molecule has 1 saturated heterocycles. The van der Waals surface area contributed by atoms with Crippen LogP contribution in [0.1, 0.15) is 12.0 Å². The predicted molar refractivity (Wildman–Crippen MR) is 79.8 cm³/mol. The SMILES string of the molecule is C=CCN1CCN(Cc2ccc(OC(F)(F)F)cc2)CCC1=O. The van der Waals surface area contributed by atoms with Crippen molar-refractivity contribution in [2.24, 2.45) is 0 Å². The minimum atomic E-state index is -4.68. The summed E-state index contributed by atoms with van der Waals surface area (Å²) in [6, 6.07) is 5.82. The number of rotatable bonds is 5. The molecule has 1 heterocycles. The Morgan fingerprint density at radius 1 is 1.17 bits per heavy atom. The van der Waals surface area contributed by atoms with Crippen LogP contribution in [0.5, 0.6) is 5.75 Å². The van der Waals surface area contributed by atoms with Gasteiger partial charge in [0.25, 0.3) is 0 Å². The van der Waals surface area contributed by atoms with Crippen LogP contribution in [0.25, 0.3) is 0 Å². The minimum Gasteiger partial charge on any atom is -0.406 e. The molecule has 1 aliphatic heterocycles. The Bertz CT molecular complexity index is 543. The smallest absolute Gasteiger partial charge is 0.406 e. The molecule has 1 amide bonds. The lowest BCUT2D eigenvalue weighted by Crippen LogP contribution is -2.33. The second-order valence-electron chi connectivity index (χ2n) is 5.35. The summed E-state index contributed by atoms with van der Waals surface area (Å²) in [7, 11) is 0. The maximum absolute atomic E-state index is 12.1. The van der Waals surface area contributed by atoms with E-state index >= 15 is 0 Å². The van der Waals surface area contributed by atoms with E-state index in [1.165, 1.54) is 12.1 Å². The molecule has 4 nitrogen and oxygen atoms in total. The first-order valence-electron chi connectivity index (χ1n) is 7.33. The Balaban J connectivity index is 1.92. The topological polar surface area (TPSA) is 32.8 Å². The fourth-order valence-electron chi connectivity index (χ4n) is 2.47. The lowest BCUT2D eigenvalue weighted by atomic mass is 10.2. The van der Waals surface area contributed by atoms with Crippen molar-refractivity contribution in [3.63, 3.8) is 0 Å². The van der Waals surface area contributed by atoms with Crippen LogP contribution in [0.15, 0.2) is 36.9 Å². The fraction of sp³-hybridized carbons (Fsp3) is 0.438. The van der Waals surface area contributed by atoms with E-state index in [0.29, 0.717) is 32.6 Å². The number of carbonyl (C=O) groups is 1. The molecule has 126 valence electrons. The van der Waals surface area contributed by atoms with Gasteiger partial charge in [0.2, 0.25) is 5.91 Å². The van der Waals surface area contributed by atoms with E-state index in [4.69, 9.17) is 0 Å². The minimum absolute atomic E-state index is 0.0984. The normalized spacial score (nSPS) is 17.0. The molecule has 0 spiro atoms. The number of ether oxygens (including phenoxy) is 1. The zero-order valence-corrected chi connectivity index (χ0v) is 12.7. The molecule has 0 unspecified atom stereocenters. The Hall–Kier alpha value is -2.02. The third kappa shape index (κ3) is 5.59. The van der Waals surface area contributed by atoms with Gasteiger partial charge in [-0.15, -0.1) is 19.8 Å². The third-order valence-corrected chi connectivity index (χ3v) is 3.59. The van der Waals surface area contributed by atoms with Crippen molar-refractivity contribution < 1.29 is 22.7 Å². The summed E-state index contributed by atoms with van der Waals surface area (Å²) in [6.45, 7) is 6.74. The van der Waals surface area contributed by atoms with Gasteiger partial charge in [-0.2, -0.15) is 0 Å². The molecule has 0 atom stereocenters. The summed E-state index contributed by atoms with van der Waals surface area (Å²) in [5.41, 5.74) is 0.879. The molecule has 0 aromatic heterocycles. The highest BCUT2D eigenvalue weighted by Crippen LogP contribution is 2.23. The van der Waals surface area contributed by atoms with E-state index in [0.717, 1.165) is 12.1 Å². The summed E-state index contributed by atoms with van der Waals surface area (Å²) in [5.74, 6) is -0.134. The Labute approximate surface area is 133 Å². The lowest BCUT2D eigenvalue weighted by Gasteiger charge is -2.21. The molecular weight excluding hydrogens is 309 g/mol. The molecule has 1 fully saturated rings. The zero-order chi connectivity index (χ0) is 16.9. The van der Waals surface area contributed by atoms with Gasteiger partial charge < -0.3 is 9.64 Å². The first kappa shape index (κ1) is 17.3. The van der Waals surface area contributed by atoms with E-state index in [2.05, 4.69) is 16.2 Å². The largest absolute Gasteiger partial charge is 0.573 e. The molecule has 0 bridgehead atoms. The summed E-state index contributed by atoms with van der Waals surface area (Å²) < 4.78 is 40.2. The molecular formula is C16H19F3N2O2. The van der Waals surface area contributed by atoms with Crippen molar-refractivity contribution in [2.45, 2.75) is 19.3 Å². The highest BCUT2D eigenvalue weighted by molar-refractivity contribution is 5.76. The van der Waals surface area contributed by atoms with Crippen LogP contribution in [0, 0.1) is 0 Å². The van der Waals surface area contributed by atoms with Crippen molar-refractivity contribution in [3.05, 3.63) is 42.5 Å². The standard InChI is InChI=1S/C16H19F3N2O2/c1-2-8-21-11-10-20(9-7-15(21)22)12-13-3-5-14(6-4-13)23-16(17,18)19/h2-6H,1,7-12H2. The van der Waals surface area contributed by atoms with E-state index in [1.54, 1.807) is 23.1 Å². The number of amides is 1. The molecule has 0 N–H and O–H groups in total. The number of carbonyl (C=O) groups excluding carboxylic acids is 1. The van der Waals surface area contributed by atoms with E-state index in [1.807, 2.05) is 0 Å². The van der Waals surface area contributed by atoms with Crippen LogP contribution >= 0.6 is 0 Å². The van der Waals surface area contributed by atoms with Gasteiger partial charge in [0, 0.05) is 39.1 Å². The number of halogens is 3. The van der Waals surface area contributed by atoms with Crippen LogP contribution < -0.4 is 4.74 Å². The van der Waals surface area contributed by atoms with Gasteiger partial charge >= 0.3 is 6.36 Å². The average molecular weight is 328 g/mol. The van der Waals surface area contributed by atoms with Gasteiger partial charge in [-0.1, -0.05) is 18.2 Å². The summed E-state index contributed by atoms with van der Waals surface area (Å²) in [6.07, 6.45) is -2.54. The molecule has 1 aliphatic rings. The van der Waals surface area contributed by atoms with Crippen molar-refractivity contribution in [3.8, 4) is 5.75 Å². The van der Waals surface area contributed by atoms with E-state index < -0.39 is 6.36 Å². The molecule has 7 heteroatoms. The average Bonchev–Trinajstić information content (AvgIpc) is 2.64. The summed E-state index contributed by atoms with van der Waals surface area (Å²) in [5, 5.41) is 0. The second kappa shape index (κ2) is 7.50. The monoisotopic (exact) mass is 328 g/mol. The molecule has 1 aromatic rings. The maximum atomic E-state index is 12.1. The molecule has 0 radical (unpaired) electrons. The van der Waals surface area contributed by atoms with Gasteiger partial charge in [0.1, 0.15) is 5.75 Å². The second-order valence-corrected chi connectivity index (χ2v) is 5.35. The first-order valence-corrected chi connectivity index (χ1v) is 7.33. The van der Waals surface area contributed by atoms with Crippen LogP contribution in [0.4, 0.5) is 13.2 Å². The van der Waals surface area contributed by atoms with Crippen molar-refractivity contribution in [2.75, 3.05) is 26.2 Å². The van der Waals surface area contributed by atoms with Crippen LogP contribution in [0.3, 0.4) is 0 Å². The van der Waals surface area contributed by atoms with Gasteiger partial charge in [-0.25, -0.2) is 0 Å². The van der Waals surface area contributed by atoms with Crippen molar-refractivity contribution in [1.29, 1.82) is 0 Å². The van der Waals surface area contributed by atoms with Crippen molar-refractivity contribution in [1.82, 2.24) is 9.80 Å². The Kier molecular flexibility index (Phi) is 5.65. The lowest BCUT2D eigenvalue weighted by molar-refractivity contribution is -0.274. The van der Waals surface area contributed by atoms with Gasteiger partial charge in [0.15, 0.2) is 0 Å². The quantitative estimate of drug-likeness (QED) is 0.779. The third-order valence-electron chi connectivity index (χ3n) is 3.59. The van der Waals surface area contributed by atoms with Crippen molar-refractivity contribution >= 4 is 5.91 Å². The maximum Gasteiger partial charge on any atom is 0.573 e. The first-order chi connectivity index (χ1) is 10.9. The van der Waals surface area contributed by atoms with Crippen LogP contribution in [0.2, 0.25) is 0 Å². The molecule has 1 aromatic carbocycles. The van der Waals surface area contributed by atoms with Crippen LogP contribution in [-0.4, -0.2) is 48.2 Å². The number of hydrogen-bond donors (Lipinski definition) is 0. The Morgan fingerprint density at radius 3 is 2.48 bits per heavy atom. The molecule has 2 rings (SSSR count). The molecule has 0 saturated carbocycles. The predicted octanol–water partition coefficient (Wildman–Crippen LogP) is 2.81. The number of benzene rings is 1. The highest BCUT2D eigenvalue weighted by Gasteiger charge is 2.31. The Morgan fingerprint density at radius 2 is 1.87 bits per heavy atom. The highest BCUT2D eigenvalue weighted by atomic mass is 19.4. The molecule has 0 aliphatic carbocycles. The summed E-state index contributed by atoms with van der Waals surface area (Å²) in [4.78, 5) is 15.8. The van der Waals surface area contributed by atoms with Gasteiger partial charge in [0.05, 0.1) is 0 Å². The zero-order valence-electron chi connectivity index (χ0n) is 12.7. The number of alkyl halides is 3. The van der Waals surface area contributed by atoms with E-state index in [-0.39, 0.29) is 11.7 Å². The number of hydrogen-bond acceptors (Lipinski definition) is 3. The summed E-state index contributed by atoms with van der Waals surface area (Å²) >= 11 is 0. The fourth-order valence-corrected chi connectivity index (χ4v) is 2.47. The van der Waals surface area contributed by atoms with Gasteiger partial charge in [-0.3, -0.25) is 9.69 Å². The molecule has 23 heavy (non-hydrogen) atoms.